The second kappa shape index (κ2) is 14.0. The summed E-state index contributed by atoms with van der Waals surface area (Å²) in [7, 11) is 1.20. The van der Waals surface area contributed by atoms with Gasteiger partial charge in [-0.25, -0.2) is 9.59 Å². The number of ether oxygens (including phenoxy) is 2. The summed E-state index contributed by atoms with van der Waals surface area (Å²) in [5.41, 5.74) is 0.895. The number of amides is 3. The van der Waals surface area contributed by atoms with E-state index in [2.05, 4.69) is 10.6 Å². The number of methoxy groups -OCH3 is 1. The Labute approximate surface area is 235 Å². The van der Waals surface area contributed by atoms with Crippen molar-refractivity contribution in [3.05, 3.63) is 71.8 Å². The van der Waals surface area contributed by atoms with Crippen molar-refractivity contribution in [2.24, 2.45) is 0 Å². The number of hydrogen-bond donors (Lipinski definition) is 3. The van der Waals surface area contributed by atoms with Crippen LogP contribution in [0.5, 0.6) is 0 Å². The van der Waals surface area contributed by atoms with Crippen molar-refractivity contribution in [2.75, 3.05) is 13.7 Å². The third-order valence-electron chi connectivity index (χ3n) is 6.65. The number of carbonyl (C=O) groups is 4. The van der Waals surface area contributed by atoms with Crippen LogP contribution >= 0.6 is 0 Å². The fourth-order valence-corrected chi connectivity index (χ4v) is 4.81. The van der Waals surface area contributed by atoms with Crippen molar-refractivity contribution >= 4 is 23.9 Å². The Morgan fingerprint density at radius 3 is 2.10 bits per heavy atom. The van der Waals surface area contributed by atoms with Crippen LogP contribution in [0.4, 0.5) is 4.79 Å². The Balaban J connectivity index is 1.78. The molecule has 3 N–H and O–H groups in total. The van der Waals surface area contributed by atoms with Gasteiger partial charge in [0.25, 0.3) is 0 Å². The smallest absolute Gasteiger partial charge is 0.408 e. The van der Waals surface area contributed by atoms with Gasteiger partial charge in [-0.2, -0.15) is 0 Å². The van der Waals surface area contributed by atoms with E-state index in [4.69, 9.17) is 9.47 Å². The van der Waals surface area contributed by atoms with Crippen molar-refractivity contribution in [1.82, 2.24) is 15.5 Å². The molecule has 3 amide bonds. The number of carbonyl (C=O) groups excluding carboxylic acids is 4. The summed E-state index contributed by atoms with van der Waals surface area (Å²) < 4.78 is 10.1. The van der Waals surface area contributed by atoms with Gasteiger partial charge >= 0.3 is 12.1 Å². The van der Waals surface area contributed by atoms with Crippen LogP contribution < -0.4 is 10.6 Å². The van der Waals surface area contributed by atoms with Crippen LogP contribution in [0.3, 0.4) is 0 Å². The van der Waals surface area contributed by atoms with Gasteiger partial charge in [0.05, 0.1) is 19.2 Å². The molecule has 1 heterocycles. The molecule has 1 fully saturated rings. The number of nitrogens with one attached hydrogen (secondary N) is 2. The molecule has 2 aromatic carbocycles. The number of aliphatic hydroxyl groups excluding tert-OH is 1. The molecule has 1 saturated heterocycles. The highest BCUT2D eigenvalue weighted by Gasteiger charge is 2.41. The first-order valence-electron chi connectivity index (χ1n) is 13.4. The largest absolute Gasteiger partial charge is 0.467 e. The molecule has 0 radical (unpaired) electrons. The van der Waals surface area contributed by atoms with Gasteiger partial charge in [0.15, 0.2) is 6.10 Å². The molecular formula is C30H39N3O7. The molecule has 0 spiro atoms. The third-order valence-corrected chi connectivity index (χ3v) is 6.65. The Morgan fingerprint density at radius 1 is 0.975 bits per heavy atom. The molecule has 40 heavy (non-hydrogen) atoms. The van der Waals surface area contributed by atoms with Crippen molar-refractivity contribution in [3.8, 4) is 0 Å². The van der Waals surface area contributed by atoms with Gasteiger partial charge in [-0.1, -0.05) is 60.7 Å². The standard InChI is InChI=1S/C30H39N3O7/c1-30(2,3)40-29(38)31-22(18-20-12-7-5-8-13-20)26(35)32-27(36)23-16-11-17-33(23)24(25(34)28(37)39-4)19-21-14-9-6-10-15-21/h5-10,12-15,22-25,34H,11,16-19H2,1-4H3,(H,31,38)(H,32,35,36)/t22-,23-,24-,25+/m0/s1. The first-order valence-corrected chi connectivity index (χ1v) is 13.4. The highest BCUT2D eigenvalue weighted by Crippen LogP contribution is 2.25. The number of imide groups is 1. The Hall–Kier alpha value is -3.76. The molecule has 216 valence electrons. The summed E-state index contributed by atoms with van der Waals surface area (Å²) in [6.07, 6.45) is -0.760. The maximum atomic E-state index is 13.4. The summed E-state index contributed by atoms with van der Waals surface area (Å²) in [6, 6.07) is 15.9. The van der Waals surface area contributed by atoms with Crippen LogP contribution in [-0.2, 0) is 36.7 Å². The fourth-order valence-electron chi connectivity index (χ4n) is 4.81. The van der Waals surface area contributed by atoms with Crippen LogP contribution in [-0.4, -0.2) is 77.4 Å². The highest BCUT2D eigenvalue weighted by molar-refractivity contribution is 6.01. The summed E-state index contributed by atoms with van der Waals surface area (Å²) in [5, 5.41) is 15.9. The number of rotatable bonds is 10. The average Bonchev–Trinajstić information content (AvgIpc) is 3.40. The SMILES string of the molecule is COC(=O)[C@H](O)[C@H](Cc1ccccc1)N1CCC[C@H]1C(=O)NC(=O)[C@H](Cc1ccccc1)NC(=O)OC(C)(C)C. The number of likely N-dealkylation sites (tertiary alicyclic amines) is 1. The number of alkyl carbamates (subject to hydrolysis) is 1. The maximum absolute atomic E-state index is 13.4. The molecule has 0 saturated carbocycles. The summed E-state index contributed by atoms with van der Waals surface area (Å²) >= 11 is 0. The number of hydrogen-bond acceptors (Lipinski definition) is 8. The van der Waals surface area contributed by atoms with E-state index in [0.717, 1.165) is 11.1 Å². The highest BCUT2D eigenvalue weighted by atomic mass is 16.6. The lowest BCUT2D eigenvalue weighted by atomic mass is 9.98. The Bertz CT molecular complexity index is 1150. The monoisotopic (exact) mass is 553 g/mol. The quantitative estimate of drug-likeness (QED) is 0.382. The summed E-state index contributed by atoms with van der Waals surface area (Å²) in [4.78, 5) is 53.3. The fraction of sp³-hybridized carbons (Fsp3) is 0.467. The molecule has 0 unspecified atom stereocenters. The molecule has 4 atom stereocenters. The Morgan fingerprint density at radius 2 is 1.55 bits per heavy atom. The van der Waals surface area contributed by atoms with Crippen LogP contribution in [0.25, 0.3) is 0 Å². The predicted octanol–water partition coefficient (Wildman–Crippen LogP) is 2.37. The number of aliphatic hydroxyl groups is 1. The Kier molecular flexibility index (Phi) is 10.8. The second-order valence-electron chi connectivity index (χ2n) is 10.9. The van der Waals surface area contributed by atoms with Gasteiger partial charge in [0.2, 0.25) is 11.8 Å². The zero-order valence-corrected chi connectivity index (χ0v) is 23.5. The van der Waals surface area contributed by atoms with E-state index in [1.807, 2.05) is 60.7 Å². The van der Waals surface area contributed by atoms with Gasteiger partial charge in [-0.05, 0) is 57.7 Å². The van der Waals surface area contributed by atoms with Crippen LogP contribution in [0, 0.1) is 0 Å². The van der Waals surface area contributed by atoms with Crippen molar-refractivity contribution in [3.63, 3.8) is 0 Å². The van der Waals surface area contributed by atoms with Gasteiger partial charge in [0.1, 0.15) is 11.6 Å². The van der Waals surface area contributed by atoms with E-state index in [0.29, 0.717) is 25.8 Å². The number of esters is 1. The van der Waals surface area contributed by atoms with E-state index < -0.39 is 53.7 Å². The minimum Gasteiger partial charge on any atom is -0.467 e. The normalized spacial score (nSPS) is 17.8. The topological polar surface area (TPSA) is 134 Å². The van der Waals surface area contributed by atoms with E-state index in [1.54, 1.807) is 25.7 Å². The van der Waals surface area contributed by atoms with E-state index in [1.165, 1.54) is 7.11 Å². The molecule has 10 heteroatoms. The summed E-state index contributed by atoms with van der Waals surface area (Å²) in [5.74, 6) is -2.05. The van der Waals surface area contributed by atoms with Crippen molar-refractivity contribution in [2.45, 2.75) is 76.3 Å². The number of benzene rings is 2. The third kappa shape index (κ3) is 8.89. The lowest BCUT2D eigenvalue weighted by Gasteiger charge is -2.34. The zero-order chi connectivity index (χ0) is 29.3. The molecule has 0 aliphatic carbocycles. The molecule has 1 aliphatic rings. The lowest BCUT2D eigenvalue weighted by Crippen LogP contribution is -2.57. The van der Waals surface area contributed by atoms with Gasteiger partial charge in [0, 0.05) is 6.42 Å². The predicted molar refractivity (Wildman–Crippen MR) is 148 cm³/mol. The van der Waals surface area contributed by atoms with Crippen LogP contribution in [0.2, 0.25) is 0 Å². The van der Waals surface area contributed by atoms with E-state index in [9.17, 15) is 24.3 Å². The zero-order valence-electron chi connectivity index (χ0n) is 23.5. The van der Waals surface area contributed by atoms with Crippen molar-refractivity contribution in [1.29, 1.82) is 0 Å². The molecular weight excluding hydrogens is 514 g/mol. The average molecular weight is 554 g/mol. The van der Waals surface area contributed by atoms with E-state index >= 15 is 0 Å². The maximum Gasteiger partial charge on any atom is 0.408 e. The molecule has 3 rings (SSSR count). The minimum atomic E-state index is -1.49. The first-order chi connectivity index (χ1) is 19.0. The molecule has 0 bridgehead atoms. The molecule has 1 aliphatic heterocycles. The molecule has 0 aromatic heterocycles. The van der Waals surface area contributed by atoms with Crippen LogP contribution in [0.15, 0.2) is 60.7 Å². The second-order valence-corrected chi connectivity index (χ2v) is 10.9. The van der Waals surface area contributed by atoms with E-state index in [-0.39, 0.29) is 6.42 Å². The van der Waals surface area contributed by atoms with Gasteiger partial charge in [-0.3, -0.25) is 19.8 Å². The van der Waals surface area contributed by atoms with Gasteiger partial charge < -0.3 is 19.9 Å². The minimum absolute atomic E-state index is 0.144. The lowest BCUT2D eigenvalue weighted by molar-refractivity contribution is -0.155. The van der Waals surface area contributed by atoms with Gasteiger partial charge in [-0.15, -0.1) is 0 Å². The first kappa shape index (κ1) is 30.8. The summed E-state index contributed by atoms with van der Waals surface area (Å²) in [6.45, 7) is 5.59. The van der Waals surface area contributed by atoms with Crippen molar-refractivity contribution < 1.29 is 33.8 Å². The molecule has 2 aromatic rings. The number of nitrogens with zero attached hydrogens (tertiary/aromatic N) is 1. The van der Waals surface area contributed by atoms with Crippen LogP contribution in [0.1, 0.15) is 44.7 Å². The molecule has 10 nitrogen and oxygen atoms in total.